The zero-order valence-corrected chi connectivity index (χ0v) is 15.6. The van der Waals surface area contributed by atoms with Crippen molar-refractivity contribution >= 4 is 34.0 Å². The molecule has 26 heavy (non-hydrogen) atoms. The van der Waals surface area contributed by atoms with E-state index in [0.717, 1.165) is 53.8 Å². The third-order valence-electron chi connectivity index (χ3n) is 5.38. The Morgan fingerprint density at radius 3 is 2.85 bits per heavy atom. The topological polar surface area (TPSA) is 96.7 Å². The average Bonchev–Trinajstić information content (AvgIpc) is 3.31. The summed E-state index contributed by atoms with van der Waals surface area (Å²) < 4.78 is 0. The van der Waals surface area contributed by atoms with Gasteiger partial charge in [0, 0.05) is 28.9 Å². The van der Waals surface area contributed by atoms with Crippen molar-refractivity contribution in [3.63, 3.8) is 0 Å². The summed E-state index contributed by atoms with van der Waals surface area (Å²) in [5.74, 6) is 0.694. The zero-order valence-electron chi connectivity index (χ0n) is 14.7. The van der Waals surface area contributed by atoms with Crippen LogP contribution < -0.4 is 11.1 Å². The van der Waals surface area contributed by atoms with Crippen LogP contribution in [0.25, 0.3) is 22.4 Å². The van der Waals surface area contributed by atoms with Crippen molar-refractivity contribution in [1.82, 2.24) is 15.0 Å². The van der Waals surface area contributed by atoms with Gasteiger partial charge in [-0.3, -0.25) is 4.79 Å². The molecule has 1 atom stereocenters. The molecule has 1 aliphatic rings. The van der Waals surface area contributed by atoms with Crippen LogP contribution in [0.15, 0.2) is 29.2 Å². The minimum absolute atomic E-state index is 0.0603. The molecule has 3 heterocycles. The van der Waals surface area contributed by atoms with E-state index in [9.17, 15) is 4.79 Å². The van der Waals surface area contributed by atoms with Crippen molar-refractivity contribution in [2.45, 2.75) is 38.6 Å². The third kappa shape index (κ3) is 3.37. The number of nitrogens with zero attached hydrogens (tertiary/aromatic N) is 2. The molecular formula is C19H23N5OS. The van der Waals surface area contributed by atoms with Gasteiger partial charge in [0.25, 0.3) is 0 Å². The van der Waals surface area contributed by atoms with Gasteiger partial charge in [0.2, 0.25) is 5.91 Å². The zero-order chi connectivity index (χ0) is 18.1. The number of anilines is 1. The van der Waals surface area contributed by atoms with Crippen LogP contribution in [0.4, 0.5) is 5.69 Å². The highest BCUT2D eigenvalue weighted by Crippen LogP contribution is 2.32. The van der Waals surface area contributed by atoms with Crippen LogP contribution in [0.1, 0.15) is 32.6 Å². The Bertz CT molecular complexity index is 894. The summed E-state index contributed by atoms with van der Waals surface area (Å²) in [5.41, 5.74) is 11.2. The van der Waals surface area contributed by atoms with Gasteiger partial charge in [0.15, 0.2) is 0 Å². The number of aromatic amines is 1. The molecule has 3 aromatic heterocycles. The first kappa shape index (κ1) is 17.2. The monoisotopic (exact) mass is 369 g/mol. The van der Waals surface area contributed by atoms with Crippen LogP contribution in [0.3, 0.4) is 0 Å². The van der Waals surface area contributed by atoms with Crippen LogP contribution in [-0.4, -0.2) is 26.9 Å². The largest absolute Gasteiger partial charge is 0.338 e. The summed E-state index contributed by atoms with van der Waals surface area (Å²) >= 11 is 1.55. The molecular weight excluding hydrogens is 346 g/mol. The van der Waals surface area contributed by atoms with Gasteiger partial charge in [-0.05, 0) is 50.7 Å². The lowest BCUT2D eigenvalue weighted by atomic mass is 9.79. The first-order valence-corrected chi connectivity index (χ1v) is 9.99. The van der Waals surface area contributed by atoms with E-state index in [1.54, 1.807) is 23.0 Å². The fraction of sp³-hybridized carbons (Fsp3) is 0.421. The highest BCUT2D eigenvalue weighted by atomic mass is 32.1. The van der Waals surface area contributed by atoms with Crippen LogP contribution >= 0.6 is 11.3 Å². The van der Waals surface area contributed by atoms with Crippen molar-refractivity contribution in [3.05, 3.63) is 29.2 Å². The van der Waals surface area contributed by atoms with Gasteiger partial charge in [0.1, 0.15) is 5.65 Å². The summed E-state index contributed by atoms with van der Waals surface area (Å²) in [6.07, 6.45) is 5.58. The number of thiazole rings is 1. The lowest BCUT2D eigenvalue weighted by Crippen LogP contribution is -2.33. The quantitative estimate of drug-likeness (QED) is 0.652. The maximum absolute atomic E-state index is 12.7. The van der Waals surface area contributed by atoms with E-state index in [0.29, 0.717) is 5.92 Å². The molecule has 1 unspecified atom stereocenters. The summed E-state index contributed by atoms with van der Waals surface area (Å²) in [6.45, 7) is 2.06. The molecule has 0 saturated heterocycles. The Morgan fingerprint density at radius 1 is 1.35 bits per heavy atom. The van der Waals surface area contributed by atoms with Gasteiger partial charge in [-0.15, -0.1) is 11.3 Å². The van der Waals surface area contributed by atoms with E-state index in [1.165, 1.54) is 0 Å². The molecule has 6 nitrogen and oxygen atoms in total. The molecule has 0 spiro atoms. The Labute approximate surface area is 156 Å². The molecule has 1 amide bonds. The van der Waals surface area contributed by atoms with Crippen molar-refractivity contribution in [3.8, 4) is 11.4 Å². The van der Waals surface area contributed by atoms with Gasteiger partial charge in [-0.1, -0.05) is 0 Å². The average molecular weight is 369 g/mol. The van der Waals surface area contributed by atoms with E-state index in [-0.39, 0.29) is 17.9 Å². The van der Waals surface area contributed by atoms with Gasteiger partial charge in [-0.25, -0.2) is 9.97 Å². The van der Waals surface area contributed by atoms with Crippen molar-refractivity contribution < 1.29 is 4.79 Å². The minimum Gasteiger partial charge on any atom is -0.338 e. The number of carbonyl (C=O) groups is 1. The van der Waals surface area contributed by atoms with Crippen molar-refractivity contribution in [2.75, 3.05) is 5.32 Å². The SMILES string of the molecule is CC(N)C1CCC(C(=O)Nc2ccnc3[nH]c(-c4cscn4)cc23)CC1. The number of fused-ring (bicyclic) bond motifs is 1. The second kappa shape index (κ2) is 7.17. The molecule has 3 aromatic rings. The number of amides is 1. The Hall–Kier alpha value is -2.25. The second-order valence-electron chi connectivity index (χ2n) is 7.14. The van der Waals surface area contributed by atoms with Gasteiger partial charge >= 0.3 is 0 Å². The lowest BCUT2D eigenvalue weighted by Gasteiger charge is -2.30. The second-order valence-corrected chi connectivity index (χ2v) is 7.86. The van der Waals surface area contributed by atoms with E-state index in [4.69, 9.17) is 5.73 Å². The number of hydrogen-bond donors (Lipinski definition) is 3. The normalized spacial score (nSPS) is 21.6. The standard InChI is InChI=1S/C19H23N5OS/c1-11(20)12-2-4-13(5-3-12)19(25)24-15-6-7-21-18-14(15)8-16(23-18)17-9-26-10-22-17/h6-13H,2-5,20H2,1H3,(H2,21,23,24,25). The summed E-state index contributed by atoms with van der Waals surface area (Å²) in [6, 6.07) is 4.06. The Balaban J connectivity index is 1.51. The van der Waals surface area contributed by atoms with E-state index in [2.05, 4.69) is 27.2 Å². The van der Waals surface area contributed by atoms with Crippen LogP contribution in [0.2, 0.25) is 0 Å². The van der Waals surface area contributed by atoms with E-state index in [1.807, 2.05) is 17.5 Å². The summed E-state index contributed by atoms with van der Waals surface area (Å²) in [4.78, 5) is 24.7. The Morgan fingerprint density at radius 2 is 2.15 bits per heavy atom. The number of nitrogens with two attached hydrogens (primary N) is 1. The van der Waals surface area contributed by atoms with Crippen LogP contribution in [0, 0.1) is 11.8 Å². The molecule has 136 valence electrons. The molecule has 0 radical (unpaired) electrons. The number of carbonyl (C=O) groups excluding carboxylic acids is 1. The molecule has 1 aliphatic carbocycles. The molecule has 4 N–H and O–H groups in total. The van der Waals surface area contributed by atoms with Gasteiger partial charge in [-0.2, -0.15) is 0 Å². The van der Waals surface area contributed by atoms with Gasteiger partial charge < -0.3 is 16.0 Å². The molecule has 4 rings (SSSR count). The first-order valence-electron chi connectivity index (χ1n) is 9.04. The van der Waals surface area contributed by atoms with Crippen molar-refractivity contribution in [2.24, 2.45) is 17.6 Å². The van der Waals surface area contributed by atoms with Crippen LogP contribution in [0.5, 0.6) is 0 Å². The van der Waals surface area contributed by atoms with E-state index < -0.39 is 0 Å². The molecule has 7 heteroatoms. The Kier molecular flexibility index (Phi) is 4.74. The molecule has 0 bridgehead atoms. The third-order valence-corrected chi connectivity index (χ3v) is 5.97. The number of hydrogen-bond acceptors (Lipinski definition) is 5. The highest BCUT2D eigenvalue weighted by molar-refractivity contribution is 7.07. The number of aromatic nitrogens is 3. The fourth-order valence-corrected chi connectivity index (χ4v) is 4.31. The highest BCUT2D eigenvalue weighted by Gasteiger charge is 2.28. The molecule has 0 aliphatic heterocycles. The molecule has 0 aromatic carbocycles. The summed E-state index contributed by atoms with van der Waals surface area (Å²) in [7, 11) is 0. The predicted octanol–water partition coefficient (Wildman–Crippen LogP) is 3.78. The number of H-pyrrole nitrogens is 1. The molecule has 1 saturated carbocycles. The number of rotatable bonds is 4. The smallest absolute Gasteiger partial charge is 0.227 e. The number of nitrogens with one attached hydrogen (secondary N) is 2. The maximum atomic E-state index is 12.7. The molecule has 1 fully saturated rings. The minimum atomic E-state index is 0.0603. The maximum Gasteiger partial charge on any atom is 0.227 e. The predicted molar refractivity (Wildman–Crippen MR) is 105 cm³/mol. The number of pyridine rings is 1. The van der Waals surface area contributed by atoms with Crippen molar-refractivity contribution in [1.29, 1.82) is 0 Å². The van der Waals surface area contributed by atoms with Crippen LogP contribution in [-0.2, 0) is 4.79 Å². The lowest BCUT2D eigenvalue weighted by molar-refractivity contribution is -0.121. The first-order chi connectivity index (χ1) is 12.6. The summed E-state index contributed by atoms with van der Waals surface area (Å²) in [5, 5.41) is 6.01. The van der Waals surface area contributed by atoms with Gasteiger partial charge in [0.05, 0.1) is 22.6 Å². The van der Waals surface area contributed by atoms with E-state index >= 15 is 0 Å². The fourth-order valence-electron chi connectivity index (χ4n) is 3.76.